The van der Waals surface area contributed by atoms with Gasteiger partial charge in [0, 0.05) is 12.6 Å². The molecule has 1 aromatic carbocycles. The van der Waals surface area contributed by atoms with Crippen LogP contribution in [0.3, 0.4) is 0 Å². The Morgan fingerprint density at radius 1 is 1.28 bits per heavy atom. The molecule has 4 rings (SSSR count). The molecular formula is C15H22N2O. The van der Waals surface area contributed by atoms with Gasteiger partial charge < -0.3 is 15.0 Å². The number of fused-ring (bicyclic) bond motifs is 3. The van der Waals surface area contributed by atoms with E-state index < -0.39 is 0 Å². The largest absolute Gasteiger partial charge is 0.495 e. The summed E-state index contributed by atoms with van der Waals surface area (Å²) in [6, 6.07) is 6.93. The van der Waals surface area contributed by atoms with Gasteiger partial charge in [-0.2, -0.15) is 0 Å². The fourth-order valence-electron chi connectivity index (χ4n) is 3.26. The van der Waals surface area contributed by atoms with Gasteiger partial charge in [0.25, 0.3) is 0 Å². The third-order valence-corrected chi connectivity index (χ3v) is 4.35. The molecule has 3 aliphatic heterocycles. The van der Waals surface area contributed by atoms with Crippen LogP contribution < -0.4 is 10.1 Å². The van der Waals surface area contributed by atoms with Crippen LogP contribution in [0.2, 0.25) is 0 Å². The Hall–Kier alpha value is -1.22. The van der Waals surface area contributed by atoms with Crippen molar-refractivity contribution in [1.82, 2.24) is 4.90 Å². The Kier molecular flexibility index (Phi) is 3.16. The lowest BCUT2D eigenvalue weighted by Gasteiger charge is -2.45. The van der Waals surface area contributed by atoms with E-state index in [1.54, 1.807) is 7.11 Å². The van der Waals surface area contributed by atoms with Crippen LogP contribution in [0, 0.1) is 12.8 Å². The zero-order chi connectivity index (χ0) is 12.5. The second-order valence-electron chi connectivity index (χ2n) is 5.59. The van der Waals surface area contributed by atoms with Gasteiger partial charge in [-0.25, -0.2) is 0 Å². The first-order valence-corrected chi connectivity index (χ1v) is 6.90. The van der Waals surface area contributed by atoms with Crippen molar-refractivity contribution in [1.29, 1.82) is 0 Å². The first-order chi connectivity index (χ1) is 8.76. The minimum absolute atomic E-state index is 0.586. The highest BCUT2D eigenvalue weighted by Crippen LogP contribution is 2.33. The maximum absolute atomic E-state index is 5.45. The maximum Gasteiger partial charge on any atom is 0.141 e. The molecule has 98 valence electrons. The van der Waals surface area contributed by atoms with Gasteiger partial charge in [-0.1, -0.05) is 6.07 Å². The van der Waals surface area contributed by atoms with Crippen LogP contribution in [0.4, 0.5) is 5.69 Å². The van der Waals surface area contributed by atoms with E-state index in [1.807, 2.05) is 0 Å². The molecule has 1 atom stereocenters. The summed E-state index contributed by atoms with van der Waals surface area (Å²) in [4.78, 5) is 2.57. The molecule has 3 aliphatic rings. The lowest BCUT2D eigenvalue weighted by molar-refractivity contribution is 0.0974. The lowest BCUT2D eigenvalue weighted by atomic mass is 9.84. The van der Waals surface area contributed by atoms with Gasteiger partial charge in [0.1, 0.15) is 5.75 Å². The normalized spacial score (nSPS) is 30.2. The summed E-state index contributed by atoms with van der Waals surface area (Å²) in [5.41, 5.74) is 2.43. The highest BCUT2D eigenvalue weighted by atomic mass is 16.5. The molecule has 3 fully saturated rings. The van der Waals surface area contributed by atoms with Gasteiger partial charge in [-0.05, 0) is 56.5 Å². The second kappa shape index (κ2) is 4.81. The van der Waals surface area contributed by atoms with Gasteiger partial charge in [0.05, 0.1) is 12.8 Å². The molecule has 0 aromatic heterocycles. The van der Waals surface area contributed by atoms with Gasteiger partial charge in [-0.3, -0.25) is 0 Å². The van der Waals surface area contributed by atoms with Gasteiger partial charge in [0.15, 0.2) is 0 Å². The predicted octanol–water partition coefficient (Wildman–Crippen LogP) is 2.51. The predicted molar refractivity (Wildman–Crippen MR) is 74.3 cm³/mol. The Bertz CT molecular complexity index is 425. The molecule has 0 amide bonds. The van der Waals surface area contributed by atoms with Crippen LogP contribution in [0.5, 0.6) is 5.75 Å². The van der Waals surface area contributed by atoms with Crippen LogP contribution >= 0.6 is 0 Å². The minimum atomic E-state index is 0.586. The monoisotopic (exact) mass is 246 g/mol. The van der Waals surface area contributed by atoms with Crippen molar-refractivity contribution in [2.24, 2.45) is 5.92 Å². The van der Waals surface area contributed by atoms with Crippen molar-refractivity contribution >= 4 is 5.69 Å². The number of hydrogen-bond acceptors (Lipinski definition) is 3. The SMILES string of the molecule is COc1ccc(C)cc1NC1CN2CCC1CC2. The van der Waals surface area contributed by atoms with Crippen molar-refractivity contribution in [2.45, 2.75) is 25.8 Å². The van der Waals surface area contributed by atoms with Crippen LogP contribution in [0.15, 0.2) is 18.2 Å². The Labute approximate surface area is 109 Å². The van der Waals surface area contributed by atoms with Crippen LogP contribution in [-0.4, -0.2) is 37.7 Å². The minimum Gasteiger partial charge on any atom is -0.495 e. The smallest absolute Gasteiger partial charge is 0.141 e. The molecule has 3 heterocycles. The van der Waals surface area contributed by atoms with Crippen molar-refractivity contribution in [3.8, 4) is 5.75 Å². The number of aryl methyl sites for hydroxylation is 1. The molecule has 1 N–H and O–H groups in total. The van der Waals surface area contributed by atoms with E-state index in [0.717, 1.165) is 17.4 Å². The Morgan fingerprint density at radius 3 is 2.67 bits per heavy atom. The van der Waals surface area contributed by atoms with Crippen LogP contribution in [-0.2, 0) is 0 Å². The molecule has 1 aromatic rings. The molecule has 3 nitrogen and oxygen atoms in total. The van der Waals surface area contributed by atoms with E-state index in [1.165, 1.54) is 38.0 Å². The number of nitrogens with one attached hydrogen (secondary N) is 1. The number of methoxy groups -OCH3 is 1. The van der Waals surface area contributed by atoms with E-state index in [9.17, 15) is 0 Å². The Balaban J connectivity index is 1.78. The zero-order valence-corrected chi connectivity index (χ0v) is 11.3. The van der Waals surface area contributed by atoms with Gasteiger partial charge in [0.2, 0.25) is 0 Å². The number of anilines is 1. The summed E-state index contributed by atoms with van der Waals surface area (Å²) >= 11 is 0. The van der Waals surface area contributed by atoms with Crippen molar-refractivity contribution < 1.29 is 4.74 Å². The van der Waals surface area contributed by atoms with E-state index >= 15 is 0 Å². The molecular weight excluding hydrogens is 224 g/mol. The summed E-state index contributed by atoms with van der Waals surface area (Å²) in [5.74, 6) is 1.79. The average Bonchev–Trinajstić information content (AvgIpc) is 2.40. The molecule has 0 saturated carbocycles. The summed E-state index contributed by atoms with van der Waals surface area (Å²) in [5, 5.41) is 3.71. The maximum atomic E-state index is 5.45. The fourth-order valence-corrected chi connectivity index (χ4v) is 3.26. The van der Waals surface area contributed by atoms with Crippen LogP contribution in [0.25, 0.3) is 0 Å². The molecule has 3 heteroatoms. The highest BCUT2D eigenvalue weighted by molar-refractivity contribution is 5.58. The average molecular weight is 246 g/mol. The number of rotatable bonds is 3. The third kappa shape index (κ3) is 2.19. The van der Waals surface area contributed by atoms with E-state index in [2.05, 4.69) is 35.3 Å². The summed E-state index contributed by atoms with van der Waals surface area (Å²) in [6.07, 6.45) is 2.68. The summed E-state index contributed by atoms with van der Waals surface area (Å²) < 4.78 is 5.45. The summed E-state index contributed by atoms with van der Waals surface area (Å²) in [6.45, 7) is 5.88. The fraction of sp³-hybridized carbons (Fsp3) is 0.600. The van der Waals surface area contributed by atoms with Crippen molar-refractivity contribution in [3.05, 3.63) is 23.8 Å². The molecule has 0 radical (unpaired) electrons. The number of ether oxygens (including phenoxy) is 1. The molecule has 1 unspecified atom stereocenters. The van der Waals surface area contributed by atoms with Gasteiger partial charge >= 0.3 is 0 Å². The number of benzene rings is 1. The number of piperidine rings is 3. The van der Waals surface area contributed by atoms with Crippen molar-refractivity contribution in [3.63, 3.8) is 0 Å². The Morgan fingerprint density at radius 2 is 2.06 bits per heavy atom. The second-order valence-corrected chi connectivity index (χ2v) is 5.59. The van der Waals surface area contributed by atoms with E-state index in [4.69, 9.17) is 4.74 Å². The zero-order valence-electron chi connectivity index (χ0n) is 11.3. The molecule has 18 heavy (non-hydrogen) atoms. The first kappa shape index (κ1) is 11.8. The first-order valence-electron chi connectivity index (χ1n) is 6.90. The van der Waals surface area contributed by atoms with E-state index in [-0.39, 0.29) is 0 Å². The number of hydrogen-bond donors (Lipinski definition) is 1. The lowest BCUT2D eigenvalue weighted by Crippen LogP contribution is -2.53. The topological polar surface area (TPSA) is 24.5 Å². The quantitative estimate of drug-likeness (QED) is 0.887. The summed E-state index contributed by atoms with van der Waals surface area (Å²) in [7, 11) is 1.74. The molecule has 3 saturated heterocycles. The molecule has 0 spiro atoms. The highest BCUT2D eigenvalue weighted by Gasteiger charge is 2.34. The number of nitrogens with zero attached hydrogens (tertiary/aromatic N) is 1. The van der Waals surface area contributed by atoms with Crippen molar-refractivity contribution in [2.75, 3.05) is 32.1 Å². The van der Waals surface area contributed by atoms with E-state index in [0.29, 0.717) is 6.04 Å². The molecule has 2 bridgehead atoms. The standard InChI is InChI=1S/C15H22N2O/c1-11-3-4-15(18-2)13(9-11)16-14-10-17-7-5-12(14)6-8-17/h3-4,9,12,14,16H,5-8,10H2,1-2H3. The van der Waals surface area contributed by atoms with Crippen LogP contribution in [0.1, 0.15) is 18.4 Å². The third-order valence-electron chi connectivity index (χ3n) is 4.35. The molecule has 0 aliphatic carbocycles. The van der Waals surface area contributed by atoms with Gasteiger partial charge in [-0.15, -0.1) is 0 Å².